The number of esters is 1. The van der Waals surface area contributed by atoms with Gasteiger partial charge in [-0.3, -0.25) is 4.57 Å². The summed E-state index contributed by atoms with van der Waals surface area (Å²) >= 11 is 0. The van der Waals surface area contributed by atoms with Crippen LogP contribution >= 0.6 is 7.60 Å². The molecule has 1 aromatic rings. The number of hydrogen-bond donors (Lipinski definition) is 2. The lowest BCUT2D eigenvalue weighted by atomic mass is 10.2. The Morgan fingerprint density at radius 2 is 1.71 bits per heavy atom. The first-order valence-electron chi connectivity index (χ1n) is 7.49. The van der Waals surface area contributed by atoms with Crippen molar-refractivity contribution in [3.63, 3.8) is 0 Å². The fourth-order valence-corrected chi connectivity index (χ4v) is 3.48. The third-order valence-corrected chi connectivity index (χ3v) is 4.94. The SMILES string of the molecule is CCOC(=O)/C(=C\c1ccc([NH+]([O-])O)cc1)P(=O)(OCC)OCC. The molecule has 0 aliphatic rings. The molecule has 0 bridgehead atoms. The molecule has 0 heterocycles. The monoisotopic (exact) mass is 359 g/mol. The van der Waals surface area contributed by atoms with Crippen molar-refractivity contribution in [3.8, 4) is 0 Å². The van der Waals surface area contributed by atoms with Crippen LogP contribution < -0.4 is 5.23 Å². The molecule has 0 amide bonds. The van der Waals surface area contributed by atoms with E-state index in [1.807, 2.05) is 0 Å². The normalized spacial score (nSPS) is 13.6. The molecule has 1 rings (SSSR count). The molecule has 2 N–H and O–H groups in total. The average molecular weight is 359 g/mol. The van der Waals surface area contributed by atoms with E-state index in [2.05, 4.69) is 0 Å². The molecule has 0 saturated heterocycles. The predicted octanol–water partition coefficient (Wildman–Crippen LogP) is 2.26. The highest BCUT2D eigenvalue weighted by Gasteiger charge is 2.36. The van der Waals surface area contributed by atoms with Crippen LogP contribution in [-0.2, 0) is 23.1 Å². The van der Waals surface area contributed by atoms with Crippen molar-refractivity contribution < 1.29 is 33.6 Å². The molecule has 8 nitrogen and oxygen atoms in total. The van der Waals surface area contributed by atoms with E-state index in [0.29, 0.717) is 5.56 Å². The molecule has 24 heavy (non-hydrogen) atoms. The van der Waals surface area contributed by atoms with Gasteiger partial charge in [-0.1, -0.05) is 0 Å². The Bertz CT molecular complexity index is 603. The van der Waals surface area contributed by atoms with E-state index in [1.165, 1.54) is 30.3 Å². The van der Waals surface area contributed by atoms with Gasteiger partial charge in [-0.2, -0.15) is 5.23 Å². The summed E-state index contributed by atoms with van der Waals surface area (Å²) in [6.07, 6.45) is 1.33. The van der Waals surface area contributed by atoms with Crippen molar-refractivity contribution in [2.24, 2.45) is 0 Å². The number of hydrogen-bond acceptors (Lipinski definition) is 7. The maximum atomic E-state index is 12.9. The van der Waals surface area contributed by atoms with Crippen molar-refractivity contribution in [2.75, 3.05) is 19.8 Å². The average Bonchev–Trinajstić information content (AvgIpc) is 2.53. The van der Waals surface area contributed by atoms with E-state index in [1.54, 1.807) is 20.8 Å². The lowest BCUT2D eigenvalue weighted by Gasteiger charge is -2.19. The fraction of sp³-hybridized carbons (Fsp3) is 0.400. The maximum Gasteiger partial charge on any atom is 0.368 e. The predicted molar refractivity (Wildman–Crippen MR) is 87.7 cm³/mol. The van der Waals surface area contributed by atoms with Gasteiger partial charge in [0.1, 0.15) is 5.31 Å². The zero-order valence-electron chi connectivity index (χ0n) is 13.9. The quantitative estimate of drug-likeness (QED) is 0.301. The molecule has 0 aromatic heterocycles. The van der Waals surface area contributed by atoms with Crippen LogP contribution in [0.25, 0.3) is 6.08 Å². The third-order valence-electron chi connectivity index (χ3n) is 2.84. The molecule has 0 saturated carbocycles. The maximum absolute atomic E-state index is 12.9. The van der Waals surface area contributed by atoms with Gasteiger partial charge in [0, 0.05) is 12.1 Å². The minimum absolute atomic E-state index is 0.0893. The van der Waals surface area contributed by atoms with Gasteiger partial charge in [-0.15, -0.1) is 0 Å². The van der Waals surface area contributed by atoms with Crippen LogP contribution in [0.4, 0.5) is 5.69 Å². The van der Waals surface area contributed by atoms with Gasteiger partial charge < -0.3 is 19.0 Å². The topological polar surface area (TPSA) is 110 Å². The molecule has 1 aromatic carbocycles. The van der Waals surface area contributed by atoms with E-state index < -0.39 is 18.8 Å². The van der Waals surface area contributed by atoms with Gasteiger partial charge in [0.15, 0.2) is 5.69 Å². The second kappa shape index (κ2) is 9.68. The van der Waals surface area contributed by atoms with Crippen molar-refractivity contribution in [3.05, 3.63) is 40.4 Å². The first kappa shape index (κ1) is 20.5. The lowest BCUT2D eigenvalue weighted by Crippen LogP contribution is -2.99. The summed E-state index contributed by atoms with van der Waals surface area (Å²) in [5, 5.41) is 18.5. The van der Waals surface area contributed by atoms with Gasteiger partial charge in [0.2, 0.25) is 0 Å². The number of ether oxygens (including phenoxy) is 1. The molecule has 0 spiro atoms. The van der Waals surface area contributed by atoms with Crippen molar-refractivity contribution >= 4 is 25.3 Å². The first-order chi connectivity index (χ1) is 11.4. The zero-order chi connectivity index (χ0) is 18.2. The molecule has 0 aliphatic heterocycles. The fourth-order valence-electron chi connectivity index (χ4n) is 1.85. The van der Waals surface area contributed by atoms with E-state index >= 15 is 0 Å². The summed E-state index contributed by atoms with van der Waals surface area (Å²) in [6.45, 7) is 5.18. The van der Waals surface area contributed by atoms with Crippen LogP contribution in [0.3, 0.4) is 0 Å². The highest BCUT2D eigenvalue weighted by Crippen LogP contribution is 2.57. The molecular weight excluding hydrogens is 337 g/mol. The number of carbonyl (C=O) groups excluding carboxylic acids is 1. The Kier molecular flexibility index (Phi) is 8.27. The van der Waals surface area contributed by atoms with Crippen LogP contribution in [0, 0.1) is 5.21 Å². The van der Waals surface area contributed by atoms with Crippen LogP contribution in [-0.4, -0.2) is 31.0 Å². The molecule has 1 unspecified atom stereocenters. The van der Waals surface area contributed by atoms with E-state index in [0.717, 1.165) is 0 Å². The molecule has 0 radical (unpaired) electrons. The number of benzene rings is 1. The molecule has 9 heteroatoms. The summed E-state index contributed by atoms with van der Waals surface area (Å²) in [7, 11) is -3.84. The van der Waals surface area contributed by atoms with E-state index in [9.17, 15) is 14.6 Å². The second-order valence-corrected chi connectivity index (χ2v) is 6.50. The number of nitrogens with one attached hydrogen (secondary N) is 1. The van der Waals surface area contributed by atoms with Crippen molar-refractivity contribution in [1.29, 1.82) is 0 Å². The Balaban J connectivity index is 3.30. The van der Waals surface area contributed by atoms with Crippen molar-refractivity contribution in [1.82, 2.24) is 0 Å². The Morgan fingerprint density at radius 1 is 1.17 bits per heavy atom. The molecule has 0 aliphatic carbocycles. The summed E-state index contributed by atoms with van der Waals surface area (Å²) in [5.74, 6) is -0.801. The van der Waals surface area contributed by atoms with Crippen LogP contribution in [0.2, 0.25) is 0 Å². The Labute approximate surface area is 140 Å². The van der Waals surface area contributed by atoms with Crippen LogP contribution in [0.1, 0.15) is 26.3 Å². The third kappa shape index (κ3) is 5.52. The number of rotatable bonds is 9. The first-order valence-corrected chi connectivity index (χ1v) is 9.04. The highest BCUT2D eigenvalue weighted by atomic mass is 31.2. The van der Waals surface area contributed by atoms with E-state index in [-0.39, 0.29) is 30.8 Å². The summed E-state index contributed by atoms with van der Waals surface area (Å²) in [4.78, 5) is 12.2. The Hall–Kier alpha value is -1.54. The summed E-state index contributed by atoms with van der Waals surface area (Å²) < 4.78 is 28.3. The standard InChI is InChI=1S/C15H22NO7P/c1-4-21-15(17)14(24(20,22-5-2)23-6-3)11-12-7-9-13(10-8-12)16(18)19/h7-11,16,18H,4-6H2,1-3H3/b14-11+. The van der Waals surface area contributed by atoms with Gasteiger partial charge in [0.05, 0.1) is 19.8 Å². The van der Waals surface area contributed by atoms with Gasteiger partial charge in [-0.25, -0.2) is 10.0 Å². The van der Waals surface area contributed by atoms with Crippen LogP contribution in [0.5, 0.6) is 0 Å². The minimum atomic E-state index is -3.84. The van der Waals surface area contributed by atoms with Gasteiger partial charge >= 0.3 is 13.6 Å². The minimum Gasteiger partial charge on any atom is -0.595 e. The largest absolute Gasteiger partial charge is 0.595 e. The summed E-state index contributed by atoms with van der Waals surface area (Å²) in [6, 6.07) is 5.74. The molecular formula is C15H22NO7P. The Morgan fingerprint density at radius 3 is 2.12 bits per heavy atom. The smallest absolute Gasteiger partial charge is 0.368 e. The molecule has 134 valence electrons. The number of carbonyl (C=O) groups is 1. The number of quaternary nitrogens is 1. The van der Waals surface area contributed by atoms with Crippen molar-refractivity contribution in [2.45, 2.75) is 20.8 Å². The lowest BCUT2D eigenvalue weighted by molar-refractivity contribution is -0.991. The van der Waals surface area contributed by atoms with Gasteiger partial charge in [0.25, 0.3) is 0 Å². The summed E-state index contributed by atoms with van der Waals surface area (Å²) in [5.41, 5.74) is 0.574. The molecule has 1 atom stereocenters. The van der Waals surface area contributed by atoms with E-state index in [4.69, 9.17) is 19.0 Å². The van der Waals surface area contributed by atoms with Gasteiger partial charge in [-0.05, 0) is 44.5 Å². The second-order valence-electron chi connectivity index (χ2n) is 4.51. The zero-order valence-corrected chi connectivity index (χ0v) is 14.7. The van der Waals surface area contributed by atoms with Crippen LogP contribution in [0.15, 0.2) is 29.6 Å². The molecule has 0 fully saturated rings. The highest BCUT2D eigenvalue weighted by molar-refractivity contribution is 7.60.